The number of carbonyl (C=O) groups is 3. The Labute approximate surface area is 182 Å². The summed E-state index contributed by atoms with van der Waals surface area (Å²) in [5.74, 6) is -0.0895. The van der Waals surface area contributed by atoms with Crippen molar-refractivity contribution in [3.8, 4) is 17.1 Å². The van der Waals surface area contributed by atoms with Gasteiger partial charge in [0, 0.05) is 10.6 Å². The Hall–Kier alpha value is -3.84. The standard InChI is InChI=1S/C23H17ClN2O5/c1-2-30-17-9-7-16(8-10-17)26-22(28)19(21(27)25-23(26)29)13-18-11-12-20(31-18)14-3-5-15(24)6-4-14/h3-13H,2H2,1H3,(H,25,27,29)/b19-13+. The second kappa shape index (κ2) is 8.49. The summed E-state index contributed by atoms with van der Waals surface area (Å²) in [6.45, 7) is 2.34. The molecule has 2 aromatic carbocycles. The Kier molecular flexibility index (Phi) is 5.60. The number of imide groups is 2. The van der Waals surface area contributed by atoms with E-state index in [0.717, 1.165) is 10.5 Å². The first-order chi connectivity index (χ1) is 15.0. The third-order valence-corrected chi connectivity index (χ3v) is 4.80. The summed E-state index contributed by atoms with van der Waals surface area (Å²) in [5, 5.41) is 2.78. The molecule has 0 bridgehead atoms. The third-order valence-electron chi connectivity index (χ3n) is 4.55. The van der Waals surface area contributed by atoms with Crippen LogP contribution in [-0.2, 0) is 9.59 Å². The summed E-state index contributed by atoms with van der Waals surface area (Å²) in [6.07, 6.45) is 1.31. The molecule has 1 N–H and O–H groups in total. The van der Waals surface area contributed by atoms with E-state index in [1.54, 1.807) is 60.7 Å². The number of benzene rings is 2. The smallest absolute Gasteiger partial charge is 0.335 e. The van der Waals surface area contributed by atoms with Gasteiger partial charge in [-0.25, -0.2) is 9.69 Å². The number of hydrogen-bond donors (Lipinski definition) is 1. The summed E-state index contributed by atoms with van der Waals surface area (Å²) in [5.41, 5.74) is 0.885. The van der Waals surface area contributed by atoms with Gasteiger partial charge in [-0.2, -0.15) is 0 Å². The SMILES string of the molecule is CCOc1ccc(N2C(=O)NC(=O)/C(=C\c3ccc(-c4ccc(Cl)cc4)o3)C2=O)cc1. The van der Waals surface area contributed by atoms with Gasteiger partial charge in [-0.3, -0.25) is 14.9 Å². The number of urea groups is 1. The lowest BCUT2D eigenvalue weighted by molar-refractivity contribution is -0.122. The van der Waals surface area contributed by atoms with E-state index >= 15 is 0 Å². The van der Waals surface area contributed by atoms with Crippen LogP contribution in [0.25, 0.3) is 17.4 Å². The summed E-state index contributed by atoms with van der Waals surface area (Å²) >= 11 is 5.90. The van der Waals surface area contributed by atoms with Gasteiger partial charge in [0.15, 0.2) is 0 Å². The zero-order chi connectivity index (χ0) is 22.0. The van der Waals surface area contributed by atoms with Crippen molar-refractivity contribution >= 4 is 41.2 Å². The highest BCUT2D eigenvalue weighted by Gasteiger charge is 2.37. The Bertz CT molecular complexity index is 1180. The predicted octanol–water partition coefficient (Wildman–Crippen LogP) is 4.67. The van der Waals surface area contributed by atoms with E-state index in [-0.39, 0.29) is 5.57 Å². The third kappa shape index (κ3) is 4.22. The number of halogens is 1. The van der Waals surface area contributed by atoms with Crippen LogP contribution in [0.4, 0.5) is 10.5 Å². The normalized spacial score (nSPS) is 15.4. The Morgan fingerprint density at radius 3 is 2.39 bits per heavy atom. The van der Waals surface area contributed by atoms with Gasteiger partial charge in [-0.1, -0.05) is 11.6 Å². The minimum absolute atomic E-state index is 0.217. The van der Waals surface area contributed by atoms with Crippen molar-refractivity contribution in [2.24, 2.45) is 0 Å². The van der Waals surface area contributed by atoms with E-state index < -0.39 is 17.8 Å². The summed E-state index contributed by atoms with van der Waals surface area (Å²) in [6, 6.07) is 16.0. The molecule has 1 fully saturated rings. The maximum Gasteiger partial charge on any atom is 0.335 e. The fraction of sp³-hybridized carbons (Fsp3) is 0.0870. The number of ether oxygens (including phenoxy) is 1. The Balaban J connectivity index is 1.62. The van der Waals surface area contributed by atoms with Crippen molar-refractivity contribution in [2.75, 3.05) is 11.5 Å². The fourth-order valence-electron chi connectivity index (χ4n) is 3.09. The Morgan fingerprint density at radius 1 is 1.00 bits per heavy atom. The largest absolute Gasteiger partial charge is 0.494 e. The van der Waals surface area contributed by atoms with Gasteiger partial charge < -0.3 is 9.15 Å². The minimum atomic E-state index is -0.822. The highest BCUT2D eigenvalue weighted by atomic mass is 35.5. The zero-order valence-electron chi connectivity index (χ0n) is 16.4. The van der Waals surface area contributed by atoms with Crippen molar-refractivity contribution in [3.05, 3.63) is 77.0 Å². The average Bonchev–Trinajstić information content (AvgIpc) is 3.22. The van der Waals surface area contributed by atoms with Crippen LogP contribution < -0.4 is 15.0 Å². The molecule has 2 heterocycles. The molecule has 1 aliphatic heterocycles. The van der Waals surface area contributed by atoms with Crippen molar-refractivity contribution < 1.29 is 23.5 Å². The highest BCUT2D eigenvalue weighted by molar-refractivity contribution is 6.39. The van der Waals surface area contributed by atoms with Crippen molar-refractivity contribution in [1.82, 2.24) is 5.32 Å². The first kappa shape index (κ1) is 20.4. The molecule has 0 atom stereocenters. The molecule has 7 nitrogen and oxygen atoms in total. The number of nitrogens with zero attached hydrogens (tertiary/aromatic N) is 1. The van der Waals surface area contributed by atoms with Crippen LogP contribution in [0, 0.1) is 0 Å². The molecule has 0 saturated carbocycles. The molecule has 4 rings (SSSR count). The number of amides is 4. The number of nitrogens with one attached hydrogen (secondary N) is 1. The number of rotatable bonds is 5. The number of barbiturate groups is 1. The van der Waals surface area contributed by atoms with E-state index in [1.165, 1.54) is 6.08 Å². The van der Waals surface area contributed by atoms with Crippen LogP contribution in [0.15, 0.2) is 70.7 Å². The van der Waals surface area contributed by atoms with E-state index in [9.17, 15) is 14.4 Å². The molecular formula is C23H17ClN2O5. The molecule has 0 unspecified atom stereocenters. The molecule has 0 aliphatic carbocycles. The van der Waals surface area contributed by atoms with Crippen molar-refractivity contribution in [2.45, 2.75) is 6.92 Å². The van der Waals surface area contributed by atoms with E-state index in [4.69, 9.17) is 20.8 Å². The molecule has 31 heavy (non-hydrogen) atoms. The van der Waals surface area contributed by atoms with Crippen molar-refractivity contribution in [3.63, 3.8) is 0 Å². The quantitative estimate of drug-likeness (QED) is 0.464. The summed E-state index contributed by atoms with van der Waals surface area (Å²) < 4.78 is 11.1. The maximum absolute atomic E-state index is 13.0. The lowest BCUT2D eigenvalue weighted by Gasteiger charge is -2.26. The molecule has 4 amide bonds. The second-order valence-corrected chi connectivity index (χ2v) is 7.03. The van der Waals surface area contributed by atoms with Crippen LogP contribution >= 0.6 is 11.6 Å². The molecule has 3 aromatic rings. The van der Waals surface area contributed by atoms with Crippen molar-refractivity contribution in [1.29, 1.82) is 0 Å². The van der Waals surface area contributed by atoms with Crippen LogP contribution in [0.3, 0.4) is 0 Å². The first-order valence-corrected chi connectivity index (χ1v) is 9.84. The molecule has 8 heteroatoms. The lowest BCUT2D eigenvalue weighted by Crippen LogP contribution is -2.54. The van der Waals surface area contributed by atoms with Crippen LogP contribution in [-0.4, -0.2) is 24.5 Å². The molecule has 1 saturated heterocycles. The predicted molar refractivity (Wildman–Crippen MR) is 116 cm³/mol. The van der Waals surface area contributed by atoms with Gasteiger partial charge in [0.25, 0.3) is 11.8 Å². The van der Waals surface area contributed by atoms with Crippen LogP contribution in [0.5, 0.6) is 5.75 Å². The van der Waals surface area contributed by atoms with Gasteiger partial charge >= 0.3 is 6.03 Å². The zero-order valence-corrected chi connectivity index (χ0v) is 17.2. The van der Waals surface area contributed by atoms with Gasteiger partial charge in [-0.05, 0) is 73.7 Å². The molecule has 1 aliphatic rings. The number of anilines is 1. The maximum atomic E-state index is 13.0. The van der Waals surface area contributed by atoms with Gasteiger partial charge in [0.2, 0.25) is 0 Å². The number of carbonyl (C=O) groups excluding carboxylic acids is 3. The molecule has 156 valence electrons. The monoisotopic (exact) mass is 436 g/mol. The van der Waals surface area contributed by atoms with E-state index in [1.807, 2.05) is 6.92 Å². The Morgan fingerprint density at radius 2 is 1.71 bits per heavy atom. The van der Waals surface area contributed by atoms with E-state index in [0.29, 0.717) is 34.6 Å². The van der Waals surface area contributed by atoms with E-state index in [2.05, 4.69) is 5.32 Å². The molecular weight excluding hydrogens is 420 g/mol. The number of hydrogen-bond acceptors (Lipinski definition) is 5. The highest BCUT2D eigenvalue weighted by Crippen LogP contribution is 2.27. The molecule has 0 spiro atoms. The summed E-state index contributed by atoms with van der Waals surface area (Å²) in [4.78, 5) is 38.5. The lowest BCUT2D eigenvalue weighted by atomic mass is 10.1. The number of furan rings is 1. The average molecular weight is 437 g/mol. The topological polar surface area (TPSA) is 88.8 Å². The van der Waals surface area contributed by atoms with Crippen LogP contribution in [0.1, 0.15) is 12.7 Å². The molecule has 0 radical (unpaired) electrons. The minimum Gasteiger partial charge on any atom is -0.494 e. The van der Waals surface area contributed by atoms with Gasteiger partial charge in [0.1, 0.15) is 22.8 Å². The van der Waals surface area contributed by atoms with Gasteiger partial charge in [-0.15, -0.1) is 0 Å². The molecule has 1 aromatic heterocycles. The fourth-order valence-corrected chi connectivity index (χ4v) is 3.22. The summed E-state index contributed by atoms with van der Waals surface area (Å²) in [7, 11) is 0. The first-order valence-electron chi connectivity index (χ1n) is 9.46. The van der Waals surface area contributed by atoms with Crippen LogP contribution in [0.2, 0.25) is 5.02 Å². The second-order valence-electron chi connectivity index (χ2n) is 6.59. The van der Waals surface area contributed by atoms with Gasteiger partial charge in [0.05, 0.1) is 12.3 Å².